The Balaban J connectivity index is 1.85. The summed E-state index contributed by atoms with van der Waals surface area (Å²) < 4.78 is 44.1. The average Bonchev–Trinajstić information content (AvgIpc) is 3.36. The normalized spacial score (nSPS) is 10.8. The minimum absolute atomic E-state index is 0.00845. The number of ether oxygens (including phenoxy) is 3. The number of carbonyl (C=O) groups is 2. The summed E-state index contributed by atoms with van der Waals surface area (Å²) in [6.45, 7) is 0. The first-order valence-corrected chi connectivity index (χ1v) is 11.7. The number of hydrazine groups is 1. The summed E-state index contributed by atoms with van der Waals surface area (Å²) in [7, 11) is 0.00861. The number of hydrogen-bond donors (Lipinski definition) is 3. The van der Waals surface area contributed by atoms with Crippen molar-refractivity contribution in [1.29, 1.82) is 0 Å². The number of carbonyl (C=O) groups excluding carboxylic acids is 2. The number of nitrogens with one attached hydrogen (secondary N) is 3. The minimum Gasteiger partial charge on any atom is -0.497 e. The van der Waals surface area contributed by atoms with Crippen molar-refractivity contribution in [3.63, 3.8) is 0 Å². The summed E-state index contributed by atoms with van der Waals surface area (Å²) in [6, 6.07) is 11.7. The van der Waals surface area contributed by atoms with Crippen molar-refractivity contribution in [3.05, 3.63) is 64.4 Å². The van der Waals surface area contributed by atoms with Gasteiger partial charge in [-0.2, -0.15) is 0 Å². The third-order valence-electron chi connectivity index (χ3n) is 4.35. The summed E-state index contributed by atoms with van der Waals surface area (Å²) in [5, 5.41) is 1.72. The Morgan fingerprint density at radius 3 is 2.09 bits per heavy atom. The molecule has 1 heterocycles. The summed E-state index contributed by atoms with van der Waals surface area (Å²) in [5.41, 5.74) is 4.72. The van der Waals surface area contributed by atoms with Crippen LogP contribution in [0.25, 0.3) is 0 Å². The van der Waals surface area contributed by atoms with E-state index in [4.69, 9.17) is 14.2 Å². The van der Waals surface area contributed by atoms with E-state index in [0.717, 1.165) is 6.07 Å². The van der Waals surface area contributed by atoms with Gasteiger partial charge < -0.3 is 14.2 Å². The van der Waals surface area contributed by atoms with Crippen LogP contribution in [0.5, 0.6) is 17.2 Å². The number of sulfonamides is 1. The number of hydrogen-bond acceptors (Lipinski definition) is 8. The van der Waals surface area contributed by atoms with Crippen LogP contribution < -0.4 is 29.8 Å². The molecule has 0 spiro atoms. The molecule has 3 aromatic rings. The van der Waals surface area contributed by atoms with Crippen molar-refractivity contribution in [2.75, 3.05) is 26.1 Å². The third kappa shape index (κ3) is 5.73. The Morgan fingerprint density at radius 2 is 1.52 bits per heavy atom. The molecule has 0 atom stereocenters. The smallest absolute Gasteiger partial charge is 0.279 e. The van der Waals surface area contributed by atoms with Crippen LogP contribution in [0.15, 0.2) is 58.8 Å². The molecule has 0 aliphatic heterocycles. The van der Waals surface area contributed by atoms with Crippen LogP contribution in [0.4, 0.5) is 5.69 Å². The van der Waals surface area contributed by atoms with Gasteiger partial charge in [-0.3, -0.25) is 25.2 Å². The second kappa shape index (κ2) is 10.2. The number of anilines is 1. The predicted octanol–water partition coefficient (Wildman–Crippen LogP) is 2.65. The lowest BCUT2D eigenvalue weighted by atomic mass is 10.2. The van der Waals surface area contributed by atoms with Crippen LogP contribution in [-0.4, -0.2) is 41.6 Å². The van der Waals surface area contributed by atoms with Gasteiger partial charge >= 0.3 is 0 Å². The maximum Gasteiger partial charge on any atom is 0.279 e. The molecule has 0 aliphatic carbocycles. The van der Waals surface area contributed by atoms with E-state index in [1.165, 1.54) is 56.9 Å². The van der Waals surface area contributed by atoms with Crippen molar-refractivity contribution >= 4 is 38.9 Å². The van der Waals surface area contributed by atoms with Crippen LogP contribution in [0.3, 0.4) is 0 Å². The summed E-state index contributed by atoms with van der Waals surface area (Å²) in [5.74, 6) is -0.408. The molecule has 174 valence electrons. The first-order chi connectivity index (χ1) is 15.8. The van der Waals surface area contributed by atoms with Gasteiger partial charge in [-0.25, -0.2) is 8.42 Å². The molecule has 33 heavy (non-hydrogen) atoms. The van der Waals surface area contributed by atoms with E-state index < -0.39 is 21.8 Å². The molecule has 0 unspecified atom stereocenters. The predicted molar refractivity (Wildman–Crippen MR) is 123 cm³/mol. The van der Waals surface area contributed by atoms with Crippen molar-refractivity contribution in [2.24, 2.45) is 0 Å². The third-order valence-corrected chi connectivity index (χ3v) is 6.62. The van der Waals surface area contributed by atoms with Gasteiger partial charge in [0.05, 0.1) is 31.9 Å². The fourth-order valence-electron chi connectivity index (χ4n) is 2.76. The maximum absolute atomic E-state index is 13.1. The van der Waals surface area contributed by atoms with Crippen LogP contribution in [0.1, 0.15) is 20.0 Å². The van der Waals surface area contributed by atoms with Crippen molar-refractivity contribution in [2.45, 2.75) is 4.90 Å². The van der Waals surface area contributed by atoms with E-state index >= 15 is 0 Å². The number of thiophene rings is 1. The number of methoxy groups -OCH3 is 3. The summed E-state index contributed by atoms with van der Waals surface area (Å²) in [4.78, 5) is 24.7. The highest BCUT2D eigenvalue weighted by Crippen LogP contribution is 2.30. The molecule has 0 aliphatic rings. The van der Waals surface area contributed by atoms with E-state index in [2.05, 4.69) is 15.6 Å². The number of amides is 2. The van der Waals surface area contributed by atoms with Gasteiger partial charge in [-0.1, -0.05) is 6.07 Å². The monoisotopic (exact) mass is 491 g/mol. The fraction of sp³-hybridized carbons (Fsp3) is 0.143. The highest BCUT2D eigenvalue weighted by molar-refractivity contribution is 7.92. The highest BCUT2D eigenvalue weighted by Gasteiger charge is 2.23. The van der Waals surface area contributed by atoms with E-state index in [-0.39, 0.29) is 21.9 Å². The first-order valence-electron chi connectivity index (χ1n) is 9.35. The zero-order chi connectivity index (χ0) is 24.0. The van der Waals surface area contributed by atoms with Gasteiger partial charge in [0.2, 0.25) is 0 Å². The SMILES string of the molecule is COc1cc(NS(=O)(=O)c2cc(C(=O)NNC(=O)c3cccs3)ccc2OC)cc(OC)c1. The zero-order valence-electron chi connectivity index (χ0n) is 17.9. The fourth-order valence-corrected chi connectivity index (χ4v) is 4.61. The topological polar surface area (TPSA) is 132 Å². The van der Waals surface area contributed by atoms with Crippen LogP contribution >= 0.6 is 11.3 Å². The Labute approximate surface area is 194 Å². The van der Waals surface area contributed by atoms with E-state index in [1.54, 1.807) is 23.6 Å². The standard InChI is InChI=1S/C21H21N3O7S2/c1-29-15-10-14(11-16(12-15)30-2)24-33(27,28)19-9-13(6-7-17(19)31-3)20(25)22-23-21(26)18-5-4-8-32-18/h4-12,24H,1-3H3,(H,22,25)(H,23,26). The second-order valence-electron chi connectivity index (χ2n) is 6.46. The zero-order valence-corrected chi connectivity index (χ0v) is 19.5. The molecule has 10 nitrogen and oxygen atoms in total. The molecule has 3 rings (SSSR count). The summed E-state index contributed by atoms with van der Waals surface area (Å²) in [6.07, 6.45) is 0. The van der Waals surface area contributed by atoms with E-state index in [1.807, 2.05) is 0 Å². The molecular formula is C21H21N3O7S2. The van der Waals surface area contributed by atoms with Gasteiger partial charge in [0.15, 0.2) is 0 Å². The van der Waals surface area contributed by atoms with Gasteiger partial charge in [-0.15, -0.1) is 11.3 Å². The van der Waals surface area contributed by atoms with Gasteiger partial charge in [-0.05, 0) is 29.6 Å². The van der Waals surface area contributed by atoms with E-state index in [9.17, 15) is 18.0 Å². The first kappa shape index (κ1) is 23.9. The second-order valence-corrected chi connectivity index (χ2v) is 9.06. The number of rotatable bonds is 8. The van der Waals surface area contributed by atoms with Crippen LogP contribution in [0, 0.1) is 0 Å². The summed E-state index contributed by atoms with van der Waals surface area (Å²) >= 11 is 1.21. The van der Waals surface area contributed by atoms with Gasteiger partial charge in [0.1, 0.15) is 22.1 Å². The minimum atomic E-state index is -4.18. The van der Waals surface area contributed by atoms with Crippen LogP contribution in [-0.2, 0) is 10.0 Å². The van der Waals surface area contributed by atoms with Crippen molar-refractivity contribution in [3.8, 4) is 17.2 Å². The molecular weight excluding hydrogens is 470 g/mol. The lowest BCUT2D eigenvalue weighted by molar-refractivity contribution is 0.0848. The average molecular weight is 492 g/mol. The Bertz CT molecular complexity index is 1240. The number of benzene rings is 2. The Morgan fingerprint density at radius 1 is 0.848 bits per heavy atom. The van der Waals surface area contributed by atoms with Gasteiger partial charge in [0, 0.05) is 23.8 Å². The molecule has 12 heteroatoms. The molecule has 2 amide bonds. The molecule has 0 saturated carbocycles. The lowest BCUT2D eigenvalue weighted by Gasteiger charge is -2.14. The lowest BCUT2D eigenvalue weighted by Crippen LogP contribution is -2.41. The largest absolute Gasteiger partial charge is 0.497 e. The van der Waals surface area contributed by atoms with E-state index in [0.29, 0.717) is 16.4 Å². The Hall–Kier alpha value is -3.77. The Kier molecular flexibility index (Phi) is 7.41. The molecule has 0 saturated heterocycles. The molecule has 0 fully saturated rings. The van der Waals surface area contributed by atoms with Crippen LogP contribution in [0.2, 0.25) is 0 Å². The maximum atomic E-state index is 13.1. The molecule has 2 aromatic carbocycles. The molecule has 0 bridgehead atoms. The molecule has 0 radical (unpaired) electrons. The molecule has 1 aromatic heterocycles. The van der Waals surface area contributed by atoms with Crippen molar-refractivity contribution in [1.82, 2.24) is 10.9 Å². The molecule has 3 N–H and O–H groups in total. The van der Waals surface area contributed by atoms with Crippen molar-refractivity contribution < 1.29 is 32.2 Å². The van der Waals surface area contributed by atoms with Gasteiger partial charge in [0.25, 0.3) is 21.8 Å². The quantitative estimate of drug-likeness (QED) is 0.413. The highest BCUT2D eigenvalue weighted by atomic mass is 32.2.